The quantitative estimate of drug-likeness (QED) is 0.621. The number of hydrogen-bond donors (Lipinski definition) is 0. The minimum atomic E-state index is -0.0493. The van der Waals surface area contributed by atoms with Crippen LogP contribution < -0.4 is 0 Å². The molecule has 1 heteroatoms. The summed E-state index contributed by atoms with van der Waals surface area (Å²) in [4.78, 5) is 0. The van der Waals surface area contributed by atoms with Gasteiger partial charge >= 0.3 is 0 Å². The van der Waals surface area contributed by atoms with Crippen LogP contribution in [0.2, 0.25) is 0 Å². The van der Waals surface area contributed by atoms with Gasteiger partial charge in [-0.3, -0.25) is 5.11 Å². The fourth-order valence-corrected chi connectivity index (χ4v) is 2.72. The second-order valence-corrected chi connectivity index (χ2v) is 4.85. The molecule has 1 radical (unpaired) electrons. The van der Waals surface area contributed by atoms with Crippen molar-refractivity contribution in [3.05, 3.63) is 53.6 Å². The van der Waals surface area contributed by atoms with Gasteiger partial charge in [-0.1, -0.05) is 50.2 Å². The molecule has 0 bridgehead atoms. The topological polar surface area (TPSA) is 19.9 Å². The molecule has 2 aromatic carbocycles. The van der Waals surface area contributed by atoms with Gasteiger partial charge < -0.3 is 0 Å². The van der Waals surface area contributed by atoms with Crippen molar-refractivity contribution in [2.45, 2.75) is 19.3 Å². The van der Waals surface area contributed by atoms with Crippen LogP contribution in [0.1, 0.15) is 25.0 Å². The highest BCUT2D eigenvalue weighted by atomic mass is 16.3. The summed E-state index contributed by atoms with van der Waals surface area (Å²) < 4.78 is 0. The molecule has 0 aliphatic heterocycles. The molecule has 0 fully saturated rings. The van der Waals surface area contributed by atoms with E-state index in [1.807, 2.05) is 24.3 Å². The monoisotopic (exact) mass is 209 g/mol. The maximum Gasteiger partial charge on any atom is 0.186 e. The molecular formula is C15H13O. The highest BCUT2D eigenvalue weighted by Gasteiger charge is 2.36. The van der Waals surface area contributed by atoms with Crippen LogP contribution in [0.3, 0.4) is 0 Å². The first-order valence-electron chi connectivity index (χ1n) is 5.53. The number of rotatable bonds is 0. The Balaban J connectivity index is 2.45. The van der Waals surface area contributed by atoms with E-state index in [0.717, 1.165) is 16.7 Å². The van der Waals surface area contributed by atoms with Crippen LogP contribution >= 0.6 is 0 Å². The fraction of sp³-hybridized carbons (Fsp3) is 0.200. The average Bonchev–Trinajstić information content (AvgIpc) is 2.51. The smallest absolute Gasteiger partial charge is 0.186 e. The Labute approximate surface area is 95.4 Å². The Hall–Kier alpha value is -1.76. The van der Waals surface area contributed by atoms with Crippen molar-refractivity contribution in [1.82, 2.24) is 0 Å². The highest BCUT2D eigenvalue weighted by Crippen LogP contribution is 2.51. The molecule has 0 spiro atoms. The lowest BCUT2D eigenvalue weighted by Crippen LogP contribution is -2.14. The Morgan fingerprint density at radius 1 is 0.875 bits per heavy atom. The van der Waals surface area contributed by atoms with Crippen LogP contribution in [0.15, 0.2) is 42.5 Å². The molecule has 0 amide bonds. The minimum absolute atomic E-state index is 0.0493. The van der Waals surface area contributed by atoms with Crippen LogP contribution in [0.4, 0.5) is 0 Å². The van der Waals surface area contributed by atoms with Crippen molar-refractivity contribution in [3.8, 4) is 16.9 Å². The van der Waals surface area contributed by atoms with Gasteiger partial charge in [0.25, 0.3) is 0 Å². The predicted molar refractivity (Wildman–Crippen MR) is 64.1 cm³/mol. The van der Waals surface area contributed by atoms with Crippen LogP contribution in [0, 0.1) is 0 Å². The van der Waals surface area contributed by atoms with E-state index in [9.17, 15) is 5.11 Å². The summed E-state index contributed by atoms with van der Waals surface area (Å²) in [6.07, 6.45) is 0. The van der Waals surface area contributed by atoms with E-state index < -0.39 is 0 Å². The van der Waals surface area contributed by atoms with Gasteiger partial charge in [-0.25, -0.2) is 0 Å². The van der Waals surface area contributed by atoms with E-state index in [0.29, 0.717) is 0 Å². The van der Waals surface area contributed by atoms with E-state index in [-0.39, 0.29) is 11.2 Å². The van der Waals surface area contributed by atoms with Crippen molar-refractivity contribution in [2.24, 2.45) is 0 Å². The molecular weight excluding hydrogens is 196 g/mol. The van der Waals surface area contributed by atoms with Crippen molar-refractivity contribution >= 4 is 0 Å². The van der Waals surface area contributed by atoms with Crippen LogP contribution in [0.25, 0.3) is 11.1 Å². The molecule has 1 aliphatic rings. The van der Waals surface area contributed by atoms with Crippen molar-refractivity contribution in [1.29, 1.82) is 0 Å². The molecule has 16 heavy (non-hydrogen) atoms. The maximum absolute atomic E-state index is 12.0. The third-order valence-corrected chi connectivity index (χ3v) is 3.57. The van der Waals surface area contributed by atoms with Gasteiger partial charge in [0, 0.05) is 11.0 Å². The summed E-state index contributed by atoms with van der Waals surface area (Å²) in [7, 11) is 0. The molecule has 0 aromatic heterocycles. The maximum atomic E-state index is 12.0. The Bertz CT molecular complexity index is 567. The third-order valence-electron chi connectivity index (χ3n) is 3.57. The van der Waals surface area contributed by atoms with E-state index in [1.54, 1.807) is 6.07 Å². The lowest BCUT2D eigenvalue weighted by atomic mass is 9.82. The molecule has 0 atom stereocenters. The SMILES string of the molecule is CC1(C)c2ccccc2-c2c([O])cccc21. The van der Waals surface area contributed by atoms with Gasteiger partial charge in [0.05, 0.1) is 0 Å². The normalized spacial score (nSPS) is 15.6. The predicted octanol–water partition coefficient (Wildman–Crippen LogP) is 4.14. The van der Waals surface area contributed by atoms with Crippen molar-refractivity contribution in [3.63, 3.8) is 0 Å². The Morgan fingerprint density at radius 2 is 1.56 bits per heavy atom. The zero-order valence-corrected chi connectivity index (χ0v) is 9.45. The molecule has 0 saturated carbocycles. The number of hydrogen-bond acceptors (Lipinski definition) is 0. The zero-order valence-electron chi connectivity index (χ0n) is 9.45. The van der Waals surface area contributed by atoms with E-state index in [1.165, 1.54) is 5.56 Å². The van der Waals surface area contributed by atoms with Gasteiger partial charge in [0.15, 0.2) is 5.75 Å². The highest BCUT2D eigenvalue weighted by molar-refractivity contribution is 5.84. The molecule has 0 saturated heterocycles. The molecule has 1 aliphatic carbocycles. The molecule has 79 valence electrons. The average molecular weight is 209 g/mol. The molecule has 2 aromatic rings. The lowest BCUT2D eigenvalue weighted by Gasteiger charge is -2.20. The van der Waals surface area contributed by atoms with Crippen LogP contribution in [-0.4, -0.2) is 0 Å². The second kappa shape index (κ2) is 2.88. The first-order chi connectivity index (χ1) is 7.62. The molecule has 0 N–H and O–H groups in total. The standard InChI is InChI=1S/C15H13O/c1-15(2)11-7-4-3-6-10(11)14-12(15)8-5-9-13(14)16/h3-9H,1-2H3. The van der Waals surface area contributed by atoms with E-state index >= 15 is 0 Å². The third kappa shape index (κ3) is 1.00. The fourth-order valence-electron chi connectivity index (χ4n) is 2.72. The lowest BCUT2D eigenvalue weighted by molar-refractivity contribution is 0.356. The number of fused-ring (bicyclic) bond motifs is 3. The van der Waals surface area contributed by atoms with Crippen molar-refractivity contribution < 1.29 is 5.11 Å². The van der Waals surface area contributed by atoms with Gasteiger partial charge in [0.2, 0.25) is 0 Å². The molecule has 1 nitrogen and oxygen atoms in total. The molecule has 0 heterocycles. The zero-order chi connectivity index (χ0) is 11.3. The summed E-state index contributed by atoms with van der Waals surface area (Å²) in [5, 5.41) is 12.0. The summed E-state index contributed by atoms with van der Waals surface area (Å²) in [5.74, 6) is 0.135. The largest absolute Gasteiger partial charge is 0.289 e. The van der Waals surface area contributed by atoms with Gasteiger partial charge in [0.1, 0.15) is 0 Å². The number of benzene rings is 2. The van der Waals surface area contributed by atoms with Crippen molar-refractivity contribution in [2.75, 3.05) is 0 Å². The van der Waals surface area contributed by atoms with Crippen LogP contribution in [-0.2, 0) is 10.5 Å². The second-order valence-electron chi connectivity index (χ2n) is 4.85. The minimum Gasteiger partial charge on any atom is -0.289 e. The Morgan fingerprint density at radius 3 is 2.38 bits per heavy atom. The molecule has 0 unspecified atom stereocenters. The van der Waals surface area contributed by atoms with Gasteiger partial charge in [-0.05, 0) is 22.8 Å². The Kier molecular flexibility index (Phi) is 1.70. The van der Waals surface area contributed by atoms with Gasteiger partial charge in [-0.15, -0.1) is 0 Å². The van der Waals surface area contributed by atoms with E-state index in [4.69, 9.17) is 0 Å². The summed E-state index contributed by atoms with van der Waals surface area (Å²) in [5.41, 5.74) is 4.36. The summed E-state index contributed by atoms with van der Waals surface area (Å²) in [6.45, 7) is 4.36. The summed E-state index contributed by atoms with van der Waals surface area (Å²) >= 11 is 0. The first-order valence-corrected chi connectivity index (χ1v) is 5.53. The summed E-state index contributed by atoms with van der Waals surface area (Å²) in [6, 6.07) is 13.8. The van der Waals surface area contributed by atoms with Gasteiger partial charge in [-0.2, -0.15) is 0 Å². The molecule has 3 rings (SSSR count). The van der Waals surface area contributed by atoms with E-state index in [2.05, 4.69) is 26.0 Å². The van der Waals surface area contributed by atoms with Crippen LogP contribution in [0.5, 0.6) is 5.75 Å². The first kappa shape index (κ1) is 9.46.